The molecule has 0 aliphatic carbocycles. The van der Waals surface area contributed by atoms with Crippen LogP contribution in [0.1, 0.15) is 58.1 Å². The van der Waals surface area contributed by atoms with E-state index in [2.05, 4.69) is 80.6 Å². The highest BCUT2D eigenvalue weighted by molar-refractivity contribution is 6.76. The molecule has 2 saturated heterocycles. The fourth-order valence-corrected chi connectivity index (χ4v) is 8.94. The first-order valence-electron chi connectivity index (χ1n) is 19.4. The topological polar surface area (TPSA) is 90.7 Å². The highest BCUT2D eigenvalue weighted by Gasteiger charge is 2.45. The number of amides is 1. The molecule has 2 fully saturated rings. The van der Waals surface area contributed by atoms with Crippen LogP contribution >= 0.6 is 0 Å². The van der Waals surface area contributed by atoms with Gasteiger partial charge in [-0.25, -0.2) is 9.78 Å². The number of piperidine rings is 1. The van der Waals surface area contributed by atoms with Crippen molar-refractivity contribution in [3.8, 4) is 16.9 Å². The predicted octanol–water partition coefficient (Wildman–Crippen LogP) is 9.63. The van der Waals surface area contributed by atoms with Gasteiger partial charge in [0.25, 0.3) is 0 Å². The van der Waals surface area contributed by atoms with Crippen molar-refractivity contribution in [3.05, 3.63) is 54.4 Å². The summed E-state index contributed by atoms with van der Waals surface area (Å²) in [6, 6.07) is 17.3. The van der Waals surface area contributed by atoms with Crippen LogP contribution in [0.2, 0.25) is 51.4 Å². The molecule has 53 heavy (non-hydrogen) atoms. The molecule has 12 heteroatoms. The van der Waals surface area contributed by atoms with E-state index in [4.69, 9.17) is 29.0 Å². The molecule has 0 N–H and O–H groups in total. The molecule has 4 aromatic rings. The second kappa shape index (κ2) is 15.7. The average molecular weight is 760 g/mol. The van der Waals surface area contributed by atoms with Gasteiger partial charge in [-0.15, -0.1) is 0 Å². The Morgan fingerprint density at radius 1 is 0.868 bits per heavy atom. The Hall–Kier alpha value is -3.46. The second-order valence-corrected chi connectivity index (χ2v) is 29.7. The van der Waals surface area contributed by atoms with Gasteiger partial charge in [-0.1, -0.05) is 57.5 Å². The van der Waals surface area contributed by atoms with Gasteiger partial charge in [0, 0.05) is 64.7 Å². The summed E-state index contributed by atoms with van der Waals surface area (Å²) in [5, 5.41) is 7.22. The van der Waals surface area contributed by atoms with Crippen LogP contribution in [-0.4, -0.2) is 93.2 Å². The van der Waals surface area contributed by atoms with Crippen molar-refractivity contribution in [1.82, 2.24) is 19.5 Å². The highest BCUT2D eigenvalue weighted by atomic mass is 28.3. The van der Waals surface area contributed by atoms with Gasteiger partial charge in [0.1, 0.15) is 30.6 Å². The number of anilines is 1. The van der Waals surface area contributed by atoms with Gasteiger partial charge < -0.3 is 28.7 Å². The Balaban J connectivity index is 1.39. The zero-order chi connectivity index (χ0) is 38.1. The molecule has 0 spiro atoms. The van der Waals surface area contributed by atoms with Crippen molar-refractivity contribution < 1.29 is 23.7 Å². The Morgan fingerprint density at radius 2 is 1.49 bits per heavy atom. The second-order valence-electron chi connectivity index (χ2n) is 18.4. The lowest BCUT2D eigenvalue weighted by molar-refractivity contribution is 0.00569. The van der Waals surface area contributed by atoms with Crippen molar-refractivity contribution in [1.29, 1.82) is 0 Å². The molecule has 2 atom stereocenters. The minimum Gasteiger partial charge on any atom is -0.497 e. The van der Waals surface area contributed by atoms with Gasteiger partial charge in [0.15, 0.2) is 5.65 Å². The zero-order valence-electron chi connectivity index (χ0n) is 33.7. The van der Waals surface area contributed by atoms with Crippen molar-refractivity contribution in [2.45, 2.75) is 121 Å². The SMILES string of the molecule is COc1ccc2ccc(-c3cnn4c(N(COCC[Si](C)(C)C)COCC[Si](C)(C)C)cc(C5CC6CCC(C5)N6C(=O)OC(C)(C)C)nc34)cc2c1. The van der Waals surface area contributed by atoms with E-state index in [1.807, 2.05) is 42.4 Å². The third-order valence-electron chi connectivity index (χ3n) is 10.4. The molecule has 0 radical (unpaired) electrons. The third kappa shape index (κ3) is 9.81. The van der Waals surface area contributed by atoms with E-state index in [0.717, 1.165) is 82.6 Å². The fourth-order valence-electron chi connectivity index (χ4n) is 7.43. The molecule has 1 amide bonds. The third-order valence-corrected chi connectivity index (χ3v) is 13.8. The predicted molar refractivity (Wildman–Crippen MR) is 220 cm³/mol. The minimum absolute atomic E-state index is 0.126. The van der Waals surface area contributed by atoms with Crippen molar-refractivity contribution in [2.75, 3.05) is 38.7 Å². The highest BCUT2D eigenvalue weighted by Crippen LogP contribution is 2.44. The number of carbonyl (C=O) groups is 1. The minimum atomic E-state index is -1.27. The number of methoxy groups -OCH3 is 1. The molecule has 2 bridgehead atoms. The summed E-state index contributed by atoms with van der Waals surface area (Å²) in [5.41, 5.74) is 3.30. The molecule has 6 rings (SSSR count). The monoisotopic (exact) mass is 759 g/mol. The van der Waals surface area contributed by atoms with Gasteiger partial charge >= 0.3 is 6.09 Å². The maximum atomic E-state index is 13.3. The summed E-state index contributed by atoms with van der Waals surface area (Å²) in [5.74, 6) is 1.91. The summed E-state index contributed by atoms with van der Waals surface area (Å²) in [6.07, 6.45) is 5.39. The van der Waals surface area contributed by atoms with E-state index in [0.29, 0.717) is 26.7 Å². The van der Waals surface area contributed by atoms with E-state index in [1.54, 1.807) is 7.11 Å². The molecule has 2 aliphatic rings. The molecule has 2 aromatic heterocycles. The number of nitrogens with zero attached hydrogens (tertiary/aromatic N) is 5. The number of aromatic nitrogens is 3. The first kappa shape index (κ1) is 39.2. The Kier molecular flexibility index (Phi) is 11.6. The number of hydrogen-bond donors (Lipinski definition) is 0. The molecule has 2 aromatic carbocycles. The fraction of sp³-hybridized carbons (Fsp3) is 0.585. The number of rotatable bonds is 14. The lowest BCUT2D eigenvalue weighted by Gasteiger charge is -2.39. The molecular weight excluding hydrogens is 699 g/mol. The van der Waals surface area contributed by atoms with Gasteiger partial charge in [0.05, 0.1) is 13.3 Å². The smallest absolute Gasteiger partial charge is 0.410 e. The number of carbonyl (C=O) groups excluding carboxylic acids is 1. The Labute approximate surface area is 318 Å². The molecule has 2 unspecified atom stereocenters. The van der Waals surface area contributed by atoms with Crippen LogP contribution < -0.4 is 9.64 Å². The Morgan fingerprint density at radius 3 is 2.08 bits per heavy atom. The van der Waals surface area contributed by atoms with Crippen LogP contribution in [-0.2, 0) is 14.2 Å². The Bertz CT molecular complexity index is 1860. The number of ether oxygens (including phenoxy) is 4. The van der Waals surface area contributed by atoms with Crippen molar-refractivity contribution >= 4 is 44.5 Å². The standard InChI is InChI=1S/C41H61N5O5Si2/c1-41(2,3)51-40(47)45-33-14-15-34(45)23-32(22-33)37-25-38(44(27-49-17-19-52(5,6)7)28-50-18-20-53(8,9)10)46-39(43-37)36(26-42-46)30-12-11-29-13-16-35(48-4)24-31(29)21-30/h11-13,16,21,24-26,32-34H,14-15,17-20,22-23,27-28H2,1-10H3. The largest absolute Gasteiger partial charge is 0.497 e. The van der Waals surface area contributed by atoms with E-state index < -0.39 is 21.7 Å². The average Bonchev–Trinajstić information content (AvgIpc) is 3.62. The van der Waals surface area contributed by atoms with Crippen LogP contribution in [0, 0.1) is 0 Å². The quantitative estimate of drug-likeness (QED) is 0.0714. The van der Waals surface area contributed by atoms with Crippen LogP contribution in [0.4, 0.5) is 10.6 Å². The summed E-state index contributed by atoms with van der Waals surface area (Å²) >= 11 is 0. The lowest BCUT2D eigenvalue weighted by Crippen LogP contribution is -2.48. The lowest BCUT2D eigenvalue weighted by atomic mass is 9.88. The van der Waals surface area contributed by atoms with Gasteiger partial charge in [-0.2, -0.15) is 9.61 Å². The molecule has 4 heterocycles. The molecule has 0 saturated carbocycles. The van der Waals surface area contributed by atoms with Crippen LogP contribution in [0.3, 0.4) is 0 Å². The van der Waals surface area contributed by atoms with Crippen LogP contribution in [0.15, 0.2) is 48.7 Å². The van der Waals surface area contributed by atoms with Crippen molar-refractivity contribution in [3.63, 3.8) is 0 Å². The van der Waals surface area contributed by atoms with E-state index in [9.17, 15) is 4.79 Å². The van der Waals surface area contributed by atoms with Gasteiger partial charge in [0.2, 0.25) is 0 Å². The van der Waals surface area contributed by atoms with Crippen LogP contribution in [0.5, 0.6) is 5.75 Å². The van der Waals surface area contributed by atoms with Gasteiger partial charge in [-0.05, 0) is 93.1 Å². The number of fused-ring (bicyclic) bond motifs is 4. The van der Waals surface area contributed by atoms with Crippen LogP contribution in [0.25, 0.3) is 27.5 Å². The van der Waals surface area contributed by atoms with E-state index >= 15 is 0 Å². The number of hydrogen-bond acceptors (Lipinski definition) is 8. The van der Waals surface area contributed by atoms with E-state index in [1.165, 1.54) is 0 Å². The zero-order valence-corrected chi connectivity index (χ0v) is 35.7. The first-order chi connectivity index (χ1) is 25.0. The first-order valence-corrected chi connectivity index (χ1v) is 26.8. The summed E-state index contributed by atoms with van der Waals surface area (Å²) < 4.78 is 26.2. The summed E-state index contributed by atoms with van der Waals surface area (Å²) in [4.78, 5) is 23.0. The van der Waals surface area contributed by atoms with Crippen molar-refractivity contribution in [2.24, 2.45) is 0 Å². The van der Waals surface area contributed by atoms with E-state index in [-0.39, 0.29) is 24.1 Å². The molecule has 288 valence electrons. The molecule has 10 nitrogen and oxygen atoms in total. The normalized spacial score (nSPS) is 19.3. The summed E-state index contributed by atoms with van der Waals surface area (Å²) in [6.45, 7) is 22.3. The van der Waals surface area contributed by atoms with Gasteiger partial charge in [-0.3, -0.25) is 0 Å². The molecule has 2 aliphatic heterocycles. The maximum absolute atomic E-state index is 13.3. The maximum Gasteiger partial charge on any atom is 0.410 e. The molecular formula is C41H61N5O5Si2. The number of benzene rings is 2. The summed E-state index contributed by atoms with van der Waals surface area (Å²) in [7, 11) is -0.849.